The van der Waals surface area contributed by atoms with Gasteiger partial charge in [-0.3, -0.25) is 4.98 Å². The minimum absolute atomic E-state index is 0.180. The molecule has 1 atom stereocenters. The first-order valence-corrected chi connectivity index (χ1v) is 8.24. The van der Waals surface area contributed by atoms with E-state index in [1.807, 2.05) is 18.5 Å². The largest absolute Gasteiger partial charge is 0.347 e. The van der Waals surface area contributed by atoms with Gasteiger partial charge in [-0.1, -0.05) is 17.4 Å². The highest BCUT2D eigenvalue weighted by atomic mass is 32.1. The summed E-state index contributed by atoms with van der Waals surface area (Å²) in [6.07, 6.45) is 4.90. The van der Waals surface area contributed by atoms with E-state index in [0.29, 0.717) is 10.6 Å². The highest BCUT2D eigenvalue weighted by Gasteiger charge is 2.27. The Hall–Kier alpha value is -2.01. The third-order valence-corrected chi connectivity index (χ3v) is 5.47. The summed E-state index contributed by atoms with van der Waals surface area (Å²) >= 11 is 1.45. The van der Waals surface area contributed by atoms with E-state index in [2.05, 4.69) is 27.9 Å². The molecule has 1 fully saturated rings. The Labute approximate surface area is 132 Å². The number of hydrogen-bond donors (Lipinski definition) is 0. The molecule has 0 N–H and O–H groups in total. The van der Waals surface area contributed by atoms with Gasteiger partial charge in [-0.25, -0.2) is 9.37 Å². The van der Waals surface area contributed by atoms with Crippen molar-refractivity contribution in [2.75, 3.05) is 18.0 Å². The molecule has 2 aromatic heterocycles. The molecule has 1 unspecified atom stereocenters. The molecule has 0 radical (unpaired) electrons. The van der Waals surface area contributed by atoms with Crippen LogP contribution in [0.5, 0.6) is 0 Å². The van der Waals surface area contributed by atoms with Gasteiger partial charge in [0, 0.05) is 31.4 Å². The van der Waals surface area contributed by atoms with Crippen LogP contribution in [-0.4, -0.2) is 23.1 Å². The molecule has 1 aromatic carbocycles. The summed E-state index contributed by atoms with van der Waals surface area (Å²) in [6.45, 7) is 4.02. The van der Waals surface area contributed by atoms with E-state index in [1.54, 1.807) is 6.07 Å². The van der Waals surface area contributed by atoms with Crippen molar-refractivity contribution < 1.29 is 4.39 Å². The molecule has 3 aromatic rings. The van der Waals surface area contributed by atoms with Crippen molar-refractivity contribution >= 4 is 26.7 Å². The predicted octanol–water partition coefficient (Wildman–Crippen LogP) is 4.13. The maximum Gasteiger partial charge on any atom is 0.186 e. The number of rotatable bonds is 2. The molecule has 5 heteroatoms. The lowest BCUT2D eigenvalue weighted by molar-refractivity contribution is 0.641. The normalized spacial score (nSPS) is 18.3. The lowest BCUT2D eigenvalue weighted by Gasteiger charge is -2.15. The molecule has 3 heterocycles. The molecule has 0 saturated carbocycles. The zero-order chi connectivity index (χ0) is 15.1. The first-order valence-electron chi connectivity index (χ1n) is 7.43. The summed E-state index contributed by atoms with van der Waals surface area (Å²) in [5.74, 6) is 0.297. The van der Waals surface area contributed by atoms with E-state index >= 15 is 0 Å². The smallest absolute Gasteiger partial charge is 0.186 e. The second-order valence-corrected chi connectivity index (χ2v) is 6.73. The number of aryl methyl sites for hydroxylation is 1. The molecule has 112 valence electrons. The van der Waals surface area contributed by atoms with Crippen LogP contribution in [0.3, 0.4) is 0 Å². The highest BCUT2D eigenvalue weighted by Crippen LogP contribution is 2.36. The summed E-state index contributed by atoms with van der Waals surface area (Å²) in [4.78, 5) is 11.1. The molecule has 22 heavy (non-hydrogen) atoms. The summed E-state index contributed by atoms with van der Waals surface area (Å²) in [6, 6.07) is 7.14. The first-order chi connectivity index (χ1) is 10.7. The van der Waals surface area contributed by atoms with Crippen LogP contribution in [0.15, 0.2) is 36.7 Å². The maximum atomic E-state index is 13.8. The van der Waals surface area contributed by atoms with Crippen LogP contribution in [0.1, 0.15) is 23.5 Å². The van der Waals surface area contributed by atoms with E-state index < -0.39 is 0 Å². The van der Waals surface area contributed by atoms with E-state index in [0.717, 1.165) is 30.2 Å². The summed E-state index contributed by atoms with van der Waals surface area (Å²) in [5.41, 5.74) is 3.36. The number of fused-ring (bicyclic) bond motifs is 1. The third-order valence-electron chi connectivity index (χ3n) is 4.33. The lowest BCUT2D eigenvalue weighted by atomic mass is 9.96. The number of thiazole rings is 1. The monoisotopic (exact) mass is 313 g/mol. The molecule has 1 aliphatic heterocycles. The van der Waals surface area contributed by atoms with E-state index in [4.69, 9.17) is 0 Å². The number of hydrogen-bond acceptors (Lipinski definition) is 4. The van der Waals surface area contributed by atoms with Crippen molar-refractivity contribution in [3.05, 3.63) is 53.6 Å². The van der Waals surface area contributed by atoms with Crippen LogP contribution < -0.4 is 4.90 Å². The molecular weight excluding hydrogens is 297 g/mol. The molecule has 4 rings (SSSR count). The summed E-state index contributed by atoms with van der Waals surface area (Å²) in [7, 11) is 0. The van der Waals surface area contributed by atoms with Gasteiger partial charge in [-0.05, 0) is 42.7 Å². The Kier molecular flexibility index (Phi) is 3.30. The van der Waals surface area contributed by atoms with Gasteiger partial charge in [0.25, 0.3) is 0 Å². The van der Waals surface area contributed by atoms with Gasteiger partial charge in [-0.15, -0.1) is 0 Å². The van der Waals surface area contributed by atoms with Crippen LogP contribution in [0.2, 0.25) is 0 Å². The number of aromatic nitrogens is 2. The Morgan fingerprint density at radius 2 is 2.23 bits per heavy atom. The fourth-order valence-corrected chi connectivity index (χ4v) is 4.14. The van der Waals surface area contributed by atoms with Crippen LogP contribution >= 0.6 is 11.3 Å². The van der Waals surface area contributed by atoms with E-state index in [9.17, 15) is 4.39 Å². The molecule has 0 aliphatic carbocycles. The molecule has 3 nitrogen and oxygen atoms in total. The van der Waals surface area contributed by atoms with Crippen molar-refractivity contribution in [3.63, 3.8) is 0 Å². The SMILES string of the molecule is Cc1ccncc1C1CCN(c2nc3cccc(F)c3s2)C1. The Morgan fingerprint density at radius 3 is 3.05 bits per heavy atom. The summed E-state index contributed by atoms with van der Waals surface area (Å²) in [5, 5.41) is 0.921. The van der Waals surface area contributed by atoms with Crippen LogP contribution in [-0.2, 0) is 0 Å². The van der Waals surface area contributed by atoms with Gasteiger partial charge < -0.3 is 4.90 Å². The molecular formula is C17H16FN3S. The average molecular weight is 313 g/mol. The van der Waals surface area contributed by atoms with E-state index in [-0.39, 0.29) is 5.82 Å². The summed E-state index contributed by atoms with van der Waals surface area (Å²) < 4.78 is 14.5. The highest BCUT2D eigenvalue weighted by molar-refractivity contribution is 7.22. The minimum Gasteiger partial charge on any atom is -0.347 e. The zero-order valence-corrected chi connectivity index (χ0v) is 13.1. The van der Waals surface area contributed by atoms with Crippen molar-refractivity contribution in [1.29, 1.82) is 0 Å². The number of pyridine rings is 1. The molecule has 0 bridgehead atoms. The fraction of sp³-hybridized carbons (Fsp3) is 0.294. The minimum atomic E-state index is -0.180. The topological polar surface area (TPSA) is 29.0 Å². The first kappa shape index (κ1) is 13.6. The molecule has 0 spiro atoms. The molecule has 1 saturated heterocycles. The number of anilines is 1. The Bertz CT molecular complexity index is 830. The fourth-order valence-electron chi connectivity index (χ4n) is 3.13. The van der Waals surface area contributed by atoms with Gasteiger partial charge in [0.2, 0.25) is 0 Å². The van der Waals surface area contributed by atoms with Gasteiger partial charge >= 0.3 is 0 Å². The van der Waals surface area contributed by atoms with Gasteiger partial charge in [0.05, 0.1) is 10.2 Å². The number of benzene rings is 1. The Morgan fingerprint density at radius 1 is 1.32 bits per heavy atom. The predicted molar refractivity (Wildman–Crippen MR) is 88.1 cm³/mol. The van der Waals surface area contributed by atoms with Crippen LogP contribution in [0.4, 0.5) is 9.52 Å². The number of nitrogens with zero attached hydrogens (tertiary/aromatic N) is 3. The Balaban J connectivity index is 1.62. The van der Waals surface area contributed by atoms with Crippen LogP contribution in [0.25, 0.3) is 10.2 Å². The van der Waals surface area contributed by atoms with Crippen molar-refractivity contribution in [2.24, 2.45) is 0 Å². The second-order valence-electron chi connectivity index (χ2n) is 5.75. The zero-order valence-electron chi connectivity index (χ0n) is 12.3. The van der Waals surface area contributed by atoms with Gasteiger partial charge in [0.1, 0.15) is 5.82 Å². The third kappa shape index (κ3) is 2.25. The average Bonchev–Trinajstić information content (AvgIpc) is 3.14. The lowest BCUT2D eigenvalue weighted by Crippen LogP contribution is -2.19. The number of halogens is 1. The van der Waals surface area contributed by atoms with Gasteiger partial charge in [-0.2, -0.15) is 0 Å². The molecule has 1 aliphatic rings. The standard InChI is InChI=1S/C17H16FN3S/c1-11-5-7-19-9-13(11)12-6-8-21(10-12)17-20-15-4-2-3-14(18)16(15)22-17/h2-5,7,9,12H,6,8,10H2,1H3. The van der Waals surface area contributed by atoms with E-state index in [1.165, 1.54) is 28.5 Å². The van der Waals surface area contributed by atoms with Crippen molar-refractivity contribution in [2.45, 2.75) is 19.3 Å². The van der Waals surface area contributed by atoms with Crippen molar-refractivity contribution in [3.8, 4) is 0 Å². The van der Waals surface area contributed by atoms with Gasteiger partial charge in [0.15, 0.2) is 5.13 Å². The maximum absolute atomic E-state index is 13.8. The quantitative estimate of drug-likeness (QED) is 0.712. The molecule has 0 amide bonds. The van der Waals surface area contributed by atoms with Crippen molar-refractivity contribution in [1.82, 2.24) is 9.97 Å². The van der Waals surface area contributed by atoms with Crippen LogP contribution in [0, 0.1) is 12.7 Å². The second kappa shape index (κ2) is 5.32.